The number of halogens is 1. The number of carbonyl (C=O) groups is 1. The van der Waals surface area contributed by atoms with E-state index in [9.17, 15) is 4.79 Å². The van der Waals surface area contributed by atoms with Crippen LogP contribution in [0.1, 0.15) is 5.56 Å². The van der Waals surface area contributed by atoms with Crippen molar-refractivity contribution >= 4 is 38.3 Å². The number of nitrogens with one attached hydrogen (secondary N) is 1. The molecule has 1 aromatic heterocycles. The van der Waals surface area contributed by atoms with Gasteiger partial charge in [0, 0.05) is 10.9 Å². The normalized spacial score (nSPS) is 10.5. The molecule has 0 spiro atoms. The Bertz CT molecular complexity index is 810. The van der Waals surface area contributed by atoms with Crippen molar-refractivity contribution in [1.29, 1.82) is 0 Å². The fourth-order valence-corrected chi connectivity index (χ4v) is 3.07. The summed E-state index contributed by atoms with van der Waals surface area (Å²) in [5.41, 5.74) is 5.54. The maximum atomic E-state index is 11.4. The van der Waals surface area contributed by atoms with Gasteiger partial charge in [-0.1, -0.05) is 70.0 Å². The van der Waals surface area contributed by atoms with E-state index in [0.717, 1.165) is 11.3 Å². The van der Waals surface area contributed by atoms with Crippen LogP contribution in [0.3, 0.4) is 0 Å². The average Bonchev–Trinajstić information content (AvgIpc) is 3.04. The summed E-state index contributed by atoms with van der Waals surface area (Å²) in [5.74, 6) is -0.0966. The summed E-state index contributed by atoms with van der Waals surface area (Å²) in [7, 11) is 0. The second-order valence-corrected chi connectivity index (χ2v) is 6.58. The Labute approximate surface area is 147 Å². The van der Waals surface area contributed by atoms with Gasteiger partial charge in [-0.05, 0) is 18.1 Å². The van der Waals surface area contributed by atoms with Crippen molar-refractivity contribution in [2.24, 2.45) is 0 Å². The number of anilines is 1. The first-order valence-corrected chi connectivity index (χ1v) is 9.14. The number of aryl methyl sites for hydroxylation is 1. The first-order chi connectivity index (χ1) is 11.2. The lowest BCUT2D eigenvalue weighted by Crippen LogP contribution is -2.11. The van der Waals surface area contributed by atoms with Crippen LogP contribution in [0.15, 0.2) is 53.9 Å². The number of aromatic nitrogens is 1. The van der Waals surface area contributed by atoms with Gasteiger partial charge in [-0.15, -0.1) is 11.3 Å². The summed E-state index contributed by atoms with van der Waals surface area (Å²) in [6.07, 6.45) is 0. The van der Waals surface area contributed by atoms with Crippen LogP contribution in [0.4, 0.5) is 5.13 Å². The fourth-order valence-electron chi connectivity index (χ4n) is 2.20. The number of hydrogen-bond donors (Lipinski definition) is 1. The number of amides is 1. The second kappa shape index (κ2) is 7.06. The van der Waals surface area contributed by atoms with Gasteiger partial charge in [0.15, 0.2) is 5.13 Å². The molecule has 0 aliphatic rings. The van der Waals surface area contributed by atoms with Gasteiger partial charge in [0.2, 0.25) is 5.91 Å². The molecule has 23 heavy (non-hydrogen) atoms. The van der Waals surface area contributed by atoms with E-state index < -0.39 is 0 Å². The van der Waals surface area contributed by atoms with Crippen LogP contribution in [0.2, 0.25) is 0 Å². The lowest BCUT2D eigenvalue weighted by molar-refractivity contribution is -0.113. The van der Waals surface area contributed by atoms with Crippen molar-refractivity contribution < 1.29 is 4.79 Å². The average molecular weight is 387 g/mol. The van der Waals surface area contributed by atoms with Gasteiger partial charge < -0.3 is 5.32 Å². The van der Waals surface area contributed by atoms with E-state index >= 15 is 0 Å². The minimum absolute atomic E-state index is 0.0966. The smallest absolute Gasteiger partial charge is 0.236 e. The van der Waals surface area contributed by atoms with E-state index in [-0.39, 0.29) is 11.2 Å². The van der Waals surface area contributed by atoms with Crippen LogP contribution < -0.4 is 5.32 Å². The van der Waals surface area contributed by atoms with E-state index in [1.807, 2.05) is 5.38 Å². The van der Waals surface area contributed by atoms with E-state index in [1.165, 1.54) is 28.0 Å². The zero-order chi connectivity index (χ0) is 16.2. The molecule has 3 aromatic rings. The number of benzene rings is 2. The van der Waals surface area contributed by atoms with E-state index in [0.29, 0.717) is 5.13 Å². The third kappa shape index (κ3) is 3.86. The Hall–Kier alpha value is -1.98. The maximum absolute atomic E-state index is 11.4. The fraction of sp³-hybridized carbons (Fsp3) is 0.111. The van der Waals surface area contributed by atoms with Crippen molar-refractivity contribution in [2.75, 3.05) is 10.6 Å². The molecule has 0 aliphatic carbocycles. The number of carbonyl (C=O) groups excluding carboxylic acids is 1. The third-order valence-corrected chi connectivity index (χ3v) is 4.70. The molecule has 0 fully saturated rings. The van der Waals surface area contributed by atoms with Crippen molar-refractivity contribution in [3.63, 3.8) is 0 Å². The summed E-state index contributed by atoms with van der Waals surface area (Å²) in [4.78, 5) is 15.8. The minimum atomic E-state index is -0.0966. The van der Waals surface area contributed by atoms with Crippen molar-refractivity contribution in [1.82, 2.24) is 4.98 Å². The SMILES string of the molecule is Cc1ccc(-c2ccc(-c3csc(NC(=O)CBr)n3)cc2)cc1. The molecular weight excluding hydrogens is 372 g/mol. The van der Waals surface area contributed by atoms with E-state index in [2.05, 4.69) is 81.7 Å². The van der Waals surface area contributed by atoms with Crippen LogP contribution in [0.25, 0.3) is 22.4 Å². The molecule has 1 amide bonds. The number of thiazole rings is 1. The third-order valence-electron chi connectivity index (χ3n) is 3.44. The molecule has 0 radical (unpaired) electrons. The number of alkyl halides is 1. The molecule has 5 heteroatoms. The molecule has 2 aromatic carbocycles. The lowest BCUT2D eigenvalue weighted by Gasteiger charge is -2.04. The quantitative estimate of drug-likeness (QED) is 0.632. The predicted octanol–water partition coefficient (Wildman–Crippen LogP) is 5.12. The first kappa shape index (κ1) is 15.9. The number of rotatable bonds is 4. The van der Waals surface area contributed by atoms with Gasteiger partial charge in [-0.3, -0.25) is 4.79 Å². The molecule has 0 aliphatic heterocycles. The topological polar surface area (TPSA) is 42.0 Å². The molecule has 1 N–H and O–H groups in total. The van der Waals surface area contributed by atoms with Gasteiger partial charge in [0.25, 0.3) is 0 Å². The first-order valence-electron chi connectivity index (χ1n) is 7.14. The molecule has 116 valence electrons. The summed E-state index contributed by atoms with van der Waals surface area (Å²) in [6.45, 7) is 2.08. The van der Waals surface area contributed by atoms with Gasteiger partial charge in [0.1, 0.15) is 0 Å². The summed E-state index contributed by atoms with van der Waals surface area (Å²) >= 11 is 4.55. The maximum Gasteiger partial charge on any atom is 0.236 e. The Morgan fingerprint density at radius 3 is 2.22 bits per heavy atom. The Morgan fingerprint density at radius 1 is 1.04 bits per heavy atom. The molecule has 0 unspecified atom stereocenters. The van der Waals surface area contributed by atoms with Crippen LogP contribution in [0.5, 0.6) is 0 Å². The number of nitrogens with zero attached hydrogens (tertiary/aromatic N) is 1. The zero-order valence-corrected chi connectivity index (χ0v) is 14.9. The van der Waals surface area contributed by atoms with Gasteiger partial charge in [-0.25, -0.2) is 4.98 Å². The highest BCUT2D eigenvalue weighted by molar-refractivity contribution is 9.09. The molecule has 1 heterocycles. The lowest BCUT2D eigenvalue weighted by atomic mass is 10.0. The van der Waals surface area contributed by atoms with Gasteiger partial charge in [0.05, 0.1) is 11.0 Å². The molecule has 0 atom stereocenters. The minimum Gasteiger partial charge on any atom is -0.301 e. The Kier molecular flexibility index (Phi) is 4.88. The molecular formula is C18H15BrN2OS. The Balaban J connectivity index is 1.79. The highest BCUT2D eigenvalue weighted by Gasteiger charge is 2.07. The standard InChI is InChI=1S/C18H15BrN2OS/c1-12-2-4-13(5-3-12)14-6-8-15(9-7-14)16-11-23-18(20-16)21-17(22)10-19/h2-9,11H,10H2,1H3,(H,20,21,22). The van der Waals surface area contributed by atoms with Crippen molar-refractivity contribution in [2.45, 2.75) is 6.92 Å². The molecule has 0 bridgehead atoms. The van der Waals surface area contributed by atoms with Gasteiger partial charge >= 0.3 is 0 Å². The van der Waals surface area contributed by atoms with Crippen LogP contribution >= 0.6 is 27.3 Å². The van der Waals surface area contributed by atoms with Crippen LogP contribution in [-0.2, 0) is 4.79 Å². The Morgan fingerprint density at radius 2 is 1.61 bits per heavy atom. The summed E-state index contributed by atoms with van der Waals surface area (Å²) < 4.78 is 0. The van der Waals surface area contributed by atoms with E-state index in [1.54, 1.807) is 0 Å². The highest BCUT2D eigenvalue weighted by atomic mass is 79.9. The summed E-state index contributed by atoms with van der Waals surface area (Å²) in [5, 5.41) is 5.58. The van der Waals surface area contributed by atoms with Crippen LogP contribution in [0, 0.1) is 6.92 Å². The van der Waals surface area contributed by atoms with Crippen molar-refractivity contribution in [3.8, 4) is 22.4 Å². The zero-order valence-electron chi connectivity index (χ0n) is 12.5. The van der Waals surface area contributed by atoms with Crippen molar-refractivity contribution in [3.05, 3.63) is 59.5 Å². The largest absolute Gasteiger partial charge is 0.301 e. The highest BCUT2D eigenvalue weighted by Crippen LogP contribution is 2.27. The number of hydrogen-bond acceptors (Lipinski definition) is 3. The van der Waals surface area contributed by atoms with Crippen LogP contribution in [-0.4, -0.2) is 16.2 Å². The van der Waals surface area contributed by atoms with E-state index in [4.69, 9.17) is 0 Å². The molecule has 0 saturated heterocycles. The molecule has 3 rings (SSSR count). The second-order valence-electron chi connectivity index (χ2n) is 5.16. The summed E-state index contributed by atoms with van der Waals surface area (Å²) in [6, 6.07) is 16.8. The molecule has 0 saturated carbocycles. The van der Waals surface area contributed by atoms with Gasteiger partial charge in [-0.2, -0.15) is 0 Å². The molecule has 3 nitrogen and oxygen atoms in total. The monoisotopic (exact) mass is 386 g/mol. The predicted molar refractivity (Wildman–Crippen MR) is 100 cm³/mol.